The Balaban J connectivity index is 2.16. The fourth-order valence-corrected chi connectivity index (χ4v) is 1.70. The molecule has 0 unspecified atom stereocenters. The van der Waals surface area contributed by atoms with Crippen molar-refractivity contribution in [2.24, 2.45) is 0 Å². The fraction of sp³-hybridized carbons (Fsp3) is 0.455. The quantitative estimate of drug-likeness (QED) is 0.692. The number of hydrogen-bond acceptors (Lipinski definition) is 6. The number of Topliss-reactive ketones (excluding diaryl/α,β-unsaturated/α-hetero) is 1. The number of methoxy groups -OCH3 is 1. The Morgan fingerprint density at radius 3 is 2.71 bits per heavy atom. The number of ketones is 1. The van der Waals surface area contributed by atoms with Crippen LogP contribution in [0.5, 0.6) is 0 Å². The predicted octanol–water partition coefficient (Wildman–Crippen LogP) is 0.432. The Labute approximate surface area is 98.6 Å². The third-order valence-corrected chi connectivity index (χ3v) is 2.66. The molecule has 17 heavy (non-hydrogen) atoms. The minimum Gasteiger partial charge on any atom is -0.464 e. The van der Waals surface area contributed by atoms with E-state index in [-0.39, 0.29) is 11.5 Å². The van der Waals surface area contributed by atoms with E-state index in [2.05, 4.69) is 14.7 Å². The van der Waals surface area contributed by atoms with E-state index < -0.39 is 5.97 Å². The number of carbonyl (C=O) groups excluding carboxylic acids is 2. The van der Waals surface area contributed by atoms with Gasteiger partial charge in [0, 0.05) is 25.9 Å². The van der Waals surface area contributed by atoms with E-state index in [0.29, 0.717) is 31.7 Å². The van der Waals surface area contributed by atoms with Gasteiger partial charge in [-0.3, -0.25) is 9.78 Å². The lowest BCUT2D eigenvalue weighted by molar-refractivity contribution is -0.119. The Morgan fingerprint density at radius 2 is 2.06 bits per heavy atom. The molecule has 0 aromatic carbocycles. The minimum atomic E-state index is -0.507. The van der Waals surface area contributed by atoms with Gasteiger partial charge >= 0.3 is 5.97 Å². The molecule has 1 aliphatic rings. The van der Waals surface area contributed by atoms with Crippen molar-refractivity contribution >= 4 is 17.6 Å². The lowest BCUT2D eigenvalue weighted by atomic mass is 10.1. The van der Waals surface area contributed by atoms with E-state index in [1.54, 1.807) is 6.20 Å². The zero-order valence-electron chi connectivity index (χ0n) is 9.55. The summed E-state index contributed by atoms with van der Waals surface area (Å²) in [6.45, 7) is 1.25. The zero-order valence-corrected chi connectivity index (χ0v) is 9.55. The molecule has 0 amide bonds. The van der Waals surface area contributed by atoms with Crippen molar-refractivity contribution in [2.45, 2.75) is 12.8 Å². The summed E-state index contributed by atoms with van der Waals surface area (Å²) in [6, 6.07) is 0. The summed E-state index contributed by atoms with van der Waals surface area (Å²) in [5.74, 6) is 0.367. The first-order valence-electron chi connectivity index (χ1n) is 5.37. The fourth-order valence-electron chi connectivity index (χ4n) is 1.70. The number of anilines is 1. The molecule has 0 atom stereocenters. The summed E-state index contributed by atoms with van der Waals surface area (Å²) in [5.41, 5.74) is 0.182. The summed E-state index contributed by atoms with van der Waals surface area (Å²) in [4.78, 5) is 32.5. The summed E-state index contributed by atoms with van der Waals surface area (Å²) < 4.78 is 4.58. The van der Waals surface area contributed by atoms with Crippen LogP contribution < -0.4 is 4.90 Å². The molecule has 0 spiro atoms. The largest absolute Gasteiger partial charge is 0.464 e. The summed E-state index contributed by atoms with van der Waals surface area (Å²) in [7, 11) is 1.30. The van der Waals surface area contributed by atoms with Crippen molar-refractivity contribution < 1.29 is 14.3 Å². The molecule has 0 bridgehead atoms. The van der Waals surface area contributed by atoms with Crippen LogP contribution in [0.2, 0.25) is 0 Å². The standard InChI is InChI=1S/C11H13N3O3/c1-17-11(16)9-6-12-7-10(13-9)14-4-2-8(15)3-5-14/h6-7H,2-5H2,1H3. The number of aromatic nitrogens is 2. The highest BCUT2D eigenvalue weighted by atomic mass is 16.5. The predicted molar refractivity (Wildman–Crippen MR) is 59.8 cm³/mol. The molecule has 1 fully saturated rings. The van der Waals surface area contributed by atoms with Crippen LogP contribution in [0.1, 0.15) is 23.3 Å². The first kappa shape index (κ1) is 11.5. The average Bonchev–Trinajstić information content (AvgIpc) is 2.39. The third-order valence-electron chi connectivity index (χ3n) is 2.66. The van der Waals surface area contributed by atoms with E-state index >= 15 is 0 Å². The first-order valence-corrected chi connectivity index (χ1v) is 5.37. The van der Waals surface area contributed by atoms with Gasteiger partial charge in [-0.1, -0.05) is 0 Å². The van der Waals surface area contributed by atoms with Crippen molar-refractivity contribution in [3.05, 3.63) is 18.1 Å². The van der Waals surface area contributed by atoms with Crippen molar-refractivity contribution in [1.29, 1.82) is 0 Å². The summed E-state index contributed by atoms with van der Waals surface area (Å²) in [6.07, 6.45) is 3.99. The number of esters is 1. The van der Waals surface area contributed by atoms with Crippen molar-refractivity contribution in [3.8, 4) is 0 Å². The van der Waals surface area contributed by atoms with Gasteiger partial charge in [0.25, 0.3) is 0 Å². The normalized spacial score (nSPS) is 15.8. The second kappa shape index (κ2) is 4.90. The van der Waals surface area contributed by atoms with Crippen LogP contribution in [0.25, 0.3) is 0 Å². The lowest BCUT2D eigenvalue weighted by Gasteiger charge is -2.26. The van der Waals surface area contributed by atoms with E-state index in [4.69, 9.17) is 0 Å². The molecule has 1 saturated heterocycles. The van der Waals surface area contributed by atoms with Gasteiger partial charge in [0.2, 0.25) is 0 Å². The lowest BCUT2D eigenvalue weighted by Crippen LogP contribution is -2.34. The average molecular weight is 235 g/mol. The van der Waals surface area contributed by atoms with Gasteiger partial charge in [0.05, 0.1) is 19.5 Å². The maximum Gasteiger partial charge on any atom is 0.358 e. The van der Waals surface area contributed by atoms with E-state index in [0.717, 1.165) is 0 Å². The molecule has 90 valence electrons. The van der Waals surface area contributed by atoms with Crippen LogP contribution in [0.15, 0.2) is 12.4 Å². The van der Waals surface area contributed by atoms with Gasteiger partial charge in [-0.25, -0.2) is 9.78 Å². The molecule has 6 heteroatoms. The van der Waals surface area contributed by atoms with Gasteiger partial charge in [-0.05, 0) is 0 Å². The SMILES string of the molecule is COC(=O)c1cncc(N2CCC(=O)CC2)n1. The summed E-state index contributed by atoms with van der Waals surface area (Å²) in [5, 5.41) is 0. The minimum absolute atomic E-state index is 0.182. The molecule has 1 aromatic heterocycles. The summed E-state index contributed by atoms with van der Waals surface area (Å²) >= 11 is 0. The first-order chi connectivity index (χ1) is 8.20. The maximum absolute atomic E-state index is 11.3. The van der Waals surface area contributed by atoms with Crippen LogP contribution in [-0.2, 0) is 9.53 Å². The third kappa shape index (κ3) is 2.58. The Hall–Kier alpha value is -1.98. The number of piperidine rings is 1. The van der Waals surface area contributed by atoms with E-state index in [9.17, 15) is 9.59 Å². The number of nitrogens with zero attached hydrogens (tertiary/aromatic N) is 3. The number of hydrogen-bond donors (Lipinski definition) is 0. The van der Waals surface area contributed by atoms with Gasteiger partial charge in [-0.15, -0.1) is 0 Å². The van der Waals surface area contributed by atoms with E-state index in [1.807, 2.05) is 4.90 Å². The van der Waals surface area contributed by atoms with Crippen LogP contribution in [0, 0.1) is 0 Å². The molecule has 1 aliphatic heterocycles. The smallest absolute Gasteiger partial charge is 0.358 e. The second-order valence-electron chi connectivity index (χ2n) is 3.78. The molecule has 6 nitrogen and oxygen atoms in total. The van der Waals surface area contributed by atoms with Crippen LogP contribution in [-0.4, -0.2) is 41.9 Å². The monoisotopic (exact) mass is 235 g/mol. The molecular formula is C11H13N3O3. The van der Waals surface area contributed by atoms with Gasteiger partial charge in [0.15, 0.2) is 5.69 Å². The number of rotatable bonds is 2. The van der Waals surface area contributed by atoms with Crippen molar-refractivity contribution in [1.82, 2.24) is 9.97 Å². The molecule has 0 radical (unpaired) electrons. The van der Waals surface area contributed by atoms with Gasteiger partial charge in [0.1, 0.15) is 11.6 Å². The topological polar surface area (TPSA) is 72.4 Å². The molecule has 0 N–H and O–H groups in total. The Kier molecular flexibility index (Phi) is 3.32. The van der Waals surface area contributed by atoms with E-state index in [1.165, 1.54) is 13.3 Å². The highest BCUT2D eigenvalue weighted by Crippen LogP contribution is 2.15. The Morgan fingerprint density at radius 1 is 1.35 bits per heavy atom. The number of ether oxygens (including phenoxy) is 1. The highest BCUT2D eigenvalue weighted by molar-refractivity contribution is 5.87. The second-order valence-corrected chi connectivity index (χ2v) is 3.78. The van der Waals surface area contributed by atoms with Crippen molar-refractivity contribution in [2.75, 3.05) is 25.1 Å². The van der Waals surface area contributed by atoms with Crippen molar-refractivity contribution in [3.63, 3.8) is 0 Å². The molecular weight excluding hydrogens is 222 g/mol. The maximum atomic E-state index is 11.3. The molecule has 2 rings (SSSR count). The molecule has 0 saturated carbocycles. The molecule has 0 aliphatic carbocycles. The Bertz CT molecular complexity index is 437. The van der Waals surface area contributed by atoms with Crippen LogP contribution in [0.4, 0.5) is 5.82 Å². The van der Waals surface area contributed by atoms with Crippen LogP contribution in [0.3, 0.4) is 0 Å². The van der Waals surface area contributed by atoms with Gasteiger partial charge < -0.3 is 9.64 Å². The molecule has 2 heterocycles. The zero-order chi connectivity index (χ0) is 12.3. The van der Waals surface area contributed by atoms with Crippen LogP contribution >= 0.6 is 0 Å². The molecule has 1 aromatic rings. The van der Waals surface area contributed by atoms with Gasteiger partial charge in [-0.2, -0.15) is 0 Å². The number of carbonyl (C=O) groups is 2. The highest BCUT2D eigenvalue weighted by Gasteiger charge is 2.18.